The second-order valence-corrected chi connectivity index (χ2v) is 8.05. The number of nitrogens with one attached hydrogen (secondary N) is 1. The van der Waals surface area contributed by atoms with Crippen LogP contribution < -0.4 is 10.2 Å². The van der Waals surface area contributed by atoms with Crippen molar-refractivity contribution < 1.29 is 18.0 Å². The summed E-state index contributed by atoms with van der Waals surface area (Å²) in [7, 11) is -3.20. The summed E-state index contributed by atoms with van der Waals surface area (Å²) in [6.07, 6.45) is 2.63. The summed E-state index contributed by atoms with van der Waals surface area (Å²) in [5.41, 5.74) is 3.05. The number of anilines is 1. The van der Waals surface area contributed by atoms with Crippen molar-refractivity contribution in [3.63, 3.8) is 0 Å². The Labute approximate surface area is 142 Å². The highest BCUT2D eigenvalue weighted by Gasteiger charge is 2.34. The van der Waals surface area contributed by atoms with Gasteiger partial charge in [0, 0.05) is 36.9 Å². The molecule has 1 saturated heterocycles. The molecule has 1 heterocycles. The fraction of sp³-hybridized carbons (Fsp3) is 0.412. The average molecular weight is 350 g/mol. The van der Waals surface area contributed by atoms with Gasteiger partial charge in [-0.05, 0) is 37.1 Å². The maximum absolute atomic E-state index is 12.2. The lowest BCUT2D eigenvalue weighted by atomic mass is 10.1. The molecule has 24 heavy (non-hydrogen) atoms. The van der Waals surface area contributed by atoms with Crippen molar-refractivity contribution in [2.75, 3.05) is 24.2 Å². The average Bonchev–Trinajstić information content (AvgIpc) is 2.87. The molecule has 130 valence electrons. The third-order valence-corrected chi connectivity index (χ3v) is 4.72. The smallest absolute Gasteiger partial charge is 0.227 e. The fourth-order valence-electron chi connectivity index (χ4n) is 2.55. The van der Waals surface area contributed by atoms with Crippen LogP contribution in [0, 0.1) is 19.8 Å². The number of sulfone groups is 1. The monoisotopic (exact) mass is 350 g/mol. The summed E-state index contributed by atoms with van der Waals surface area (Å²) in [6, 6.07) is 5.79. The first-order valence-electron chi connectivity index (χ1n) is 7.69. The van der Waals surface area contributed by atoms with Gasteiger partial charge in [-0.15, -0.1) is 0 Å². The van der Waals surface area contributed by atoms with Gasteiger partial charge < -0.3 is 10.2 Å². The first-order chi connectivity index (χ1) is 11.2. The Morgan fingerprint density at radius 2 is 2.04 bits per heavy atom. The molecule has 7 heteroatoms. The van der Waals surface area contributed by atoms with Gasteiger partial charge in [0.2, 0.25) is 11.8 Å². The summed E-state index contributed by atoms with van der Waals surface area (Å²) in [5, 5.41) is 3.69. The Bertz CT molecular complexity index is 784. The molecule has 0 aliphatic carbocycles. The van der Waals surface area contributed by atoms with Crippen molar-refractivity contribution in [2.24, 2.45) is 5.92 Å². The first-order valence-corrected chi connectivity index (χ1v) is 9.65. The predicted octanol–water partition coefficient (Wildman–Crippen LogP) is 1.33. The molecule has 1 N–H and O–H groups in total. The Morgan fingerprint density at radius 1 is 1.33 bits per heavy atom. The number of carbonyl (C=O) groups is 2. The lowest BCUT2D eigenvalue weighted by Crippen LogP contribution is -2.33. The number of rotatable bonds is 5. The van der Waals surface area contributed by atoms with E-state index in [1.807, 2.05) is 32.0 Å². The molecular weight excluding hydrogens is 328 g/mol. The Hall–Kier alpha value is -2.15. The maximum atomic E-state index is 12.2. The standard InChI is InChI=1S/C17H22N2O4S/c1-12-5-6-15(9-13(12)2)19-11-14(10-16(19)20)17(21)18-7-4-8-24(3,22)23/h4-6,8-9,14H,7,10-11H2,1-3H3,(H,18,21)/b8-4+. The van der Waals surface area contributed by atoms with Crippen LogP contribution in [0.4, 0.5) is 5.69 Å². The lowest BCUT2D eigenvalue weighted by Gasteiger charge is -2.18. The van der Waals surface area contributed by atoms with Gasteiger partial charge >= 0.3 is 0 Å². The summed E-state index contributed by atoms with van der Waals surface area (Å²) in [6.45, 7) is 4.45. The molecule has 1 atom stereocenters. The van der Waals surface area contributed by atoms with Crippen molar-refractivity contribution in [3.8, 4) is 0 Å². The van der Waals surface area contributed by atoms with Gasteiger partial charge in [0.15, 0.2) is 9.84 Å². The SMILES string of the molecule is Cc1ccc(N2CC(C(=O)NC/C=C/S(C)(=O)=O)CC2=O)cc1C. The van der Waals surface area contributed by atoms with Crippen LogP contribution in [0.25, 0.3) is 0 Å². The van der Waals surface area contributed by atoms with E-state index in [4.69, 9.17) is 0 Å². The minimum Gasteiger partial charge on any atom is -0.352 e. The molecule has 0 aromatic heterocycles. The van der Waals surface area contributed by atoms with E-state index in [2.05, 4.69) is 5.32 Å². The second kappa shape index (κ2) is 7.17. The van der Waals surface area contributed by atoms with Gasteiger partial charge in [-0.1, -0.05) is 12.1 Å². The molecule has 1 aromatic carbocycles. The normalized spacial score (nSPS) is 18.4. The van der Waals surface area contributed by atoms with Gasteiger partial charge in [0.05, 0.1) is 5.92 Å². The quantitative estimate of drug-likeness (QED) is 0.868. The van der Waals surface area contributed by atoms with E-state index >= 15 is 0 Å². The molecule has 1 unspecified atom stereocenters. The predicted molar refractivity (Wildman–Crippen MR) is 93.4 cm³/mol. The van der Waals surface area contributed by atoms with Crippen LogP contribution in [0.1, 0.15) is 17.5 Å². The van der Waals surface area contributed by atoms with E-state index in [9.17, 15) is 18.0 Å². The molecule has 1 aliphatic heterocycles. The second-order valence-electron chi connectivity index (χ2n) is 6.12. The van der Waals surface area contributed by atoms with E-state index in [-0.39, 0.29) is 24.8 Å². The Morgan fingerprint density at radius 3 is 2.67 bits per heavy atom. The number of amides is 2. The van der Waals surface area contributed by atoms with Crippen LogP contribution in [-0.2, 0) is 19.4 Å². The van der Waals surface area contributed by atoms with Crippen molar-refractivity contribution >= 4 is 27.3 Å². The van der Waals surface area contributed by atoms with Crippen LogP contribution in [0.5, 0.6) is 0 Å². The lowest BCUT2D eigenvalue weighted by molar-refractivity contribution is -0.126. The van der Waals surface area contributed by atoms with Crippen molar-refractivity contribution in [1.29, 1.82) is 0 Å². The zero-order chi connectivity index (χ0) is 17.9. The van der Waals surface area contributed by atoms with E-state index < -0.39 is 15.8 Å². The number of carbonyl (C=O) groups excluding carboxylic acids is 2. The van der Waals surface area contributed by atoms with Crippen LogP contribution in [0.15, 0.2) is 29.7 Å². The summed E-state index contributed by atoms with van der Waals surface area (Å²) in [5.74, 6) is -0.747. The third-order valence-electron chi connectivity index (χ3n) is 4.04. The number of hydrogen-bond acceptors (Lipinski definition) is 4. The molecule has 1 aromatic rings. The highest BCUT2D eigenvalue weighted by Crippen LogP contribution is 2.26. The largest absolute Gasteiger partial charge is 0.352 e. The summed E-state index contributed by atoms with van der Waals surface area (Å²) >= 11 is 0. The Kier molecular flexibility index (Phi) is 5.43. The van der Waals surface area contributed by atoms with Crippen LogP contribution in [-0.4, -0.2) is 39.6 Å². The van der Waals surface area contributed by atoms with E-state index in [1.165, 1.54) is 6.08 Å². The number of aryl methyl sites for hydroxylation is 2. The van der Waals surface area contributed by atoms with Crippen LogP contribution in [0.2, 0.25) is 0 Å². The van der Waals surface area contributed by atoms with Crippen molar-refractivity contribution in [3.05, 3.63) is 40.8 Å². The fourth-order valence-corrected chi connectivity index (χ4v) is 3.00. The number of nitrogens with zero attached hydrogens (tertiary/aromatic N) is 1. The molecule has 1 fully saturated rings. The van der Waals surface area contributed by atoms with Gasteiger partial charge in [-0.2, -0.15) is 0 Å². The highest BCUT2D eigenvalue weighted by molar-refractivity contribution is 7.93. The van der Waals surface area contributed by atoms with Crippen molar-refractivity contribution in [1.82, 2.24) is 5.32 Å². The van der Waals surface area contributed by atoms with Crippen molar-refractivity contribution in [2.45, 2.75) is 20.3 Å². The number of benzene rings is 1. The van der Waals surface area contributed by atoms with E-state index in [1.54, 1.807) is 4.90 Å². The molecule has 0 bridgehead atoms. The summed E-state index contributed by atoms with van der Waals surface area (Å²) in [4.78, 5) is 26.0. The highest BCUT2D eigenvalue weighted by atomic mass is 32.2. The molecule has 6 nitrogen and oxygen atoms in total. The third kappa shape index (κ3) is 4.67. The van der Waals surface area contributed by atoms with Crippen LogP contribution in [0.3, 0.4) is 0 Å². The van der Waals surface area contributed by atoms with Gasteiger partial charge in [-0.3, -0.25) is 9.59 Å². The molecule has 0 saturated carbocycles. The Balaban J connectivity index is 1.97. The first kappa shape index (κ1) is 18.2. The molecule has 2 rings (SSSR count). The van der Waals surface area contributed by atoms with E-state index in [0.717, 1.165) is 28.5 Å². The minimum absolute atomic E-state index is 0.0786. The minimum atomic E-state index is -3.20. The zero-order valence-corrected chi connectivity index (χ0v) is 14.9. The molecule has 0 radical (unpaired) electrons. The van der Waals surface area contributed by atoms with Gasteiger partial charge in [0.25, 0.3) is 0 Å². The maximum Gasteiger partial charge on any atom is 0.227 e. The molecule has 1 aliphatic rings. The topological polar surface area (TPSA) is 83.6 Å². The molecule has 2 amide bonds. The number of hydrogen-bond donors (Lipinski definition) is 1. The molecular formula is C17H22N2O4S. The van der Waals surface area contributed by atoms with Crippen LogP contribution >= 0.6 is 0 Å². The zero-order valence-electron chi connectivity index (χ0n) is 14.1. The molecule has 0 spiro atoms. The van der Waals surface area contributed by atoms with E-state index in [0.29, 0.717) is 6.54 Å². The van der Waals surface area contributed by atoms with Gasteiger partial charge in [0.1, 0.15) is 0 Å². The summed E-state index contributed by atoms with van der Waals surface area (Å²) < 4.78 is 22.0. The van der Waals surface area contributed by atoms with Gasteiger partial charge in [-0.25, -0.2) is 8.42 Å².